The van der Waals surface area contributed by atoms with Crippen molar-refractivity contribution in [2.75, 3.05) is 18.4 Å². The number of nitrogens with zero attached hydrogens (tertiary/aromatic N) is 1. The summed E-state index contributed by atoms with van der Waals surface area (Å²) < 4.78 is 13.0. The van der Waals surface area contributed by atoms with E-state index in [2.05, 4.69) is 5.32 Å². The second-order valence-electron chi connectivity index (χ2n) is 6.66. The number of amides is 2. The van der Waals surface area contributed by atoms with Crippen LogP contribution in [0.2, 0.25) is 0 Å². The molecule has 0 saturated heterocycles. The molecule has 6 heteroatoms. The molecular weight excluding hydrogens is 351 g/mol. The Morgan fingerprint density at radius 3 is 2.54 bits per heavy atom. The fourth-order valence-electron chi connectivity index (χ4n) is 3.02. The van der Waals surface area contributed by atoms with Gasteiger partial charge in [0, 0.05) is 19.0 Å². The van der Waals surface area contributed by atoms with Gasteiger partial charge in [0.1, 0.15) is 5.82 Å². The Kier molecular flexibility index (Phi) is 4.59. The molecule has 1 aromatic heterocycles. The Hall–Kier alpha value is -2.47. The number of hydrogen-bond acceptors (Lipinski definition) is 3. The molecule has 4 nitrogen and oxygen atoms in total. The number of carbonyl (C=O) groups is 2. The van der Waals surface area contributed by atoms with Crippen LogP contribution in [-0.2, 0) is 4.79 Å². The average molecular weight is 370 g/mol. The molecule has 1 N–H and O–H groups in total. The quantitative estimate of drug-likeness (QED) is 0.878. The summed E-state index contributed by atoms with van der Waals surface area (Å²) in [6.45, 7) is 1.16. The van der Waals surface area contributed by atoms with Gasteiger partial charge < -0.3 is 10.2 Å². The zero-order valence-corrected chi connectivity index (χ0v) is 15.0. The lowest BCUT2D eigenvalue weighted by Crippen LogP contribution is -2.34. The Morgan fingerprint density at radius 2 is 1.88 bits per heavy atom. The third-order valence-corrected chi connectivity index (χ3v) is 5.71. The van der Waals surface area contributed by atoms with Crippen molar-refractivity contribution < 1.29 is 14.0 Å². The standard InChI is InChI=1S/C20H19FN2O2S/c21-16-5-3-13(4-6-16)14-9-11-23(12-10-14)20(25)17-7-8-18(26-17)22-19(24)15-1-2-15/h3-9,15H,1-2,10-12H2,(H,22,24). The molecule has 0 atom stereocenters. The van der Waals surface area contributed by atoms with Gasteiger partial charge in [-0.3, -0.25) is 9.59 Å². The number of carbonyl (C=O) groups excluding carboxylic acids is 2. The highest BCUT2D eigenvalue weighted by Crippen LogP contribution is 2.32. The van der Waals surface area contributed by atoms with Crippen LogP contribution in [0.3, 0.4) is 0 Å². The van der Waals surface area contributed by atoms with Crippen molar-refractivity contribution in [3.05, 3.63) is 58.7 Å². The van der Waals surface area contributed by atoms with E-state index in [1.807, 2.05) is 6.08 Å². The van der Waals surface area contributed by atoms with Gasteiger partial charge in [0.05, 0.1) is 9.88 Å². The minimum Gasteiger partial charge on any atom is -0.334 e. The molecule has 0 unspecified atom stereocenters. The first-order valence-corrected chi connectivity index (χ1v) is 9.57. The van der Waals surface area contributed by atoms with Crippen LogP contribution in [0.4, 0.5) is 9.39 Å². The van der Waals surface area contributed by atoms with Crippen LogP contribution < -0.4 is 5.32 Å². The van der Waals surface area contributed by atoms with Crippen molar-refractivity contribution in [1.82, 2.24) is 4.90 Å². The largest absolute Gasteiger partial charge is 0.334 e. The molecule has 1 aliphatic heterocycles. The molecule has 26 heavy (non-hydrogen) atoms. The number of benzene rings is 1. The van der Waals surface area contributed by atoms with Gasteiger partial charge in [-0.15, -0.1) is 11.3 Å². The van der Waals surface area contributed by atoms with Gasteiger partial charge in [0.15, 0.2) is 0 Å². The molecule has 1 aliphatic carbocycles. The lowest BCUT2D eigenvalue weighted by atomic mass is 9.99. The summed E-state index contributed by atoms with van der Waals surface area (Å²) >= 11 is 1.32. The molecule has 1 saturated carbocycles. The van der Waals surface area contributed by atoms with Crippen LogP contribution in [0.1, 0.15) is 34.5 Å². The maximum atomic E-state index is 13.0. The highest BCUT2D eigenvalue weighted by molar-refractivity contribution is 7.18. The minimum atomic E-state index is -0.246. The first kappa shape index (κ1) is 17.0. The SMILES string of the molecule is O=C(Nc1ccc(C(=O)N2CC=C(c3ccc(F)cc3)CC2)s1)C1CC1. The normalized spacial score (nSPS) is 17.0. The highest BCUT2D eigenvalue weighted by Gasteiger charge is 2.30. The van der Waals surface area contributed by atoms with Crippen LogP contribution in [-0.4, -0.2) is 29.8 Å². The van der Waals surface area contributed by atoms with Crippen molar-refractivity contribution in [2.24, 2.45) is 5.92 Å². The molecule has 2 aromatic rings. The molecule has 0 spiro atoms. The van der Waals surface area contributed by atoms with Crippen molar-refractivity contribution in [2.45, 2.75) is 19.3 Å². The zero-order valence-electron chi connectivity index (χ0n) is 14.2. The van der Waals surface area contributed by atoms with Gasteiger partial charge >= 0.3 is 0 Å². The van der Waals surface area contributed by atoms with Gasteiger partial charge in [-0.05, 0) is 54.7 Å². The predicted octanol–water partition coefficient (Wildman–Crippen LogP) is 4.17. The Labute approximate surface area is 155 Å². The van der Waals surface area contributed by atoms with Gasteiger partial charge in [0.2, 0.25) is 5.91 Å². The number of rotatable bonds is 4. The van der Waals surface area contributed by atoms with Gasteiger partial charge in [-0.1, -0.05) is 18.2 Å². The third-order valence-electron chi connectivity index (χ3n) is 4.72. The summed E-state index contributed by atoms with van der Waals surface area (Å²) in [6.07, 6.45) is 4.69. The Bertz CT molecular complexity index is 868. The summed E-state index contributed by atoms with van der Waals surface area (Å²) in [5, 5.41) is 3.61. The molecule has 134 valence electrons. The molecular formula is C20H19FN2O2S. The highest BCUT2D eigenvalue weighted by atomic mass is 32.1. The molecule has 0 radical (unpaired) electrons. The minimum absolute atomic E-state index is 0.0173. The summed E-state index contributed by atoms with van der Waals surface area (Å²) in [5.74, 6) is -0.0652. The second kappa shape index (κ2) is 7.03. The fourth-order valence-corrected chi connectivity index (χ4v) is 3.90. The van der Waals surface area contributed by atoms with E-state index in [4.69, 9.17) is 0 Å². The van der Waals surface area contributed by atoms with Crippen LogP contribution in [0.15, 0.2) is 42.5 Å². The molecule has 1 fully saturated rings. The number of hydrogen-bond donors (Lipinski definition) is 1. The number of nitrogens with one attached hydrogen (secondary N) is 1. The third kappa shape index (κ3) is 3.70. The maximum Gasteiger partial charge on any atom is 0.264 e. The first-order chi connectivity index (χ1) is 12.6. The van der Waals surface area contributed by atoms with Gasteiger partial charge in [0.25, 0.3) is 5.91 Å². The van der Waals surface area contributed by atoms with E-state index in [1.54, 1.807) is 29.2 Å². The number of halogens is 1. The average Bonchev–Trinajstić information content (AvgIpc) is 3.42. The topological polar surface area (TPSA) is 49.4 Å². The van der Waals surface area contributed by atoms with E-state index in [0.29, 0.717) is 18.0 Å². The van der Waals surface area contributed by atoms with Crippen molar-refractivity contribution in [3.8, 4) is 0 Å². The lowest BCUT2D eigenvalue weighted by Gasteiger charge is -2.26. The Morgan fingerprint density at radius 1 is 1.12 bits per heavy atom. The molecule has 0 bridgehead atoms. The van der Waals surface area contributed by atoms with E-state index >= 15 is 0 Å². The number of thiophene rings is 1. The molecule has 1 aromatic carbocycles. The predicted molar refractivity (Wildman–Crippen MR) is 101 cm³/mol. The smallest absolute Gasteiger partial charge is 0.264 e. The summed E-state index contributed by atoms with van der Waals surface area (Å²) in [4.78, 5) is 26.9. The summed E-state index contributed by atoms with van der Waals surface area (Å²) in [5.41, 5.74) is 2.14. The molecule has 4 rings (SSSR count). The van der Waals surface area contributed by atoms with Crippen molar-refractivity contribution in [1.29, 1.82) is 0 Å². The Balaban J connectivity index is 1.39. The summed E-state index contributed by atoms with van der Waals surface area (Å²) in [7, 11) is 0. The van der Waals surface area contributed by atoms with E-state index in [1.165, 1.54) is 23.5 Å². The first-order valence-electron chi connectivity index (χ1n) is 8.75. The van der Waals surface area contributed by atoms with Crippen molar-refractivity contribution in [3.63, 3.8) is 0 Å². The molecule has 2 aliphatic rings. The van der Waals surface area contributed by atoms with E-state index in [9.17, 15) is 14.0 Å². The van der Waals surface area contributed by atoms with Gasteiger partial charge in [-0.2, -0.15) is 0 Å². The zero-order chi connectivity index (χ0) is 18.1. The van der Waals surface area contributed by atoms with Crippen molar-refractivity contribution >= 4 is 33.7 Å². The molecule has 2 heterocycles. The molecule has 2 amide bonds. The fraction of sp³-hybridized carbons (Fsp3) is 0.300. The van der Waals surface area contributed by atoms with E-state index < -0.39 is 0 Å². The summed E-state index contributed by atoms with van der Waals surface area (Å²) in [6, 6.07) is 10.0. The number of anilines is 1. The lowest BCUT2D eigenvalue weighted by molar-refractivity contribution is -0.117. The van der Waals surface area contributed by atoms with Crippen LogP contribution >= 0.6 is 11.3 Å². The van der Waals surface area contributed by atoms with Crippen LogP contribution in [0.25, 0.3) is 5.57 Å². The van der Waals surface area contributed by atoms with Crippen LogP contribution in [0, 0.1) is 11.7 Å². The van der Waals surface area contributed by atoms with E-state index in [0.717, 1.165) is 35.4 Å². The van der Waals surface area contributed by atoms with Gasteiger partial charge in [-0.25, -0.2) is 4.39 Å². The maximum absolute atomic E-state index is 13.0. The second-order valence-corrected chi connectivity index (χ2v) is 7.75. The van der Waals surface area contributed by atoms with Crippen LogP contribution in [0.5, 0.6) is 0 Å². The monoisotopic (exact) mass is 370 g/mol. The van der Waals surface area contributed by atoms with E-state index in [-0.39, 0.29) is 23.5 Å².